The number of amides is 1. The second-order valence-corrected chi connectivity index (χ2v) is 4.71. The van der Waals surface area contributed by atoms with Gasteiger partial charge in [0, 0.05) is 12.5 Å². The van der Waals surface area contributed by atoms with Crippen LogP contribution in [0.1, 0.15) is 6.42 Å². The quantitative estimate of drug-likeness (QED) is 0.634. The Kier molecular flexibility index (Phi) is 6.43. The molecule has 1 saturated heterocycles. The predicted octanol–water partition coefficient (Wildman–Crippen LogP) is 1.88. The molecule has 1 aromatic rings. The van der Waals surface area contributed by atoms with Gasteiger partial charge in [-0.25, -0.2) is 17.6 Å². The maximum absolute atomic E-state index is 13.2. The van der Waals surface area contributed by atoms with Crippen LogP contribution in [0.2, 0.25) is 0 Å². The van der Waals surface area contributed by atoms with E-state index in [1.54, 1.807) is 0 Å². The Morgan fingerprint density at radius 2 is 2.14 bits per heavy atom. The molecule has 4 nitrogen and oxygen atoms in total. The van der Waals surface area contributed by atoms with Crippen molar-refractivity contribution in [3.8, 4) is 5.75 Å². The maximum atomic E-state index is 13.2. The van der Waals surface area contributed by atoms with Crippen molar-refractivity contribution in [1.82, 2.24) is 10.6 Å². The summed E-state index contributed by atoms with van der Waals surface area (Å²) in [4.78, 5) is 11.6. The Balaban J connectivity index is 0.00000242. The van der Waals surface area contributed by atoms with Crippen LogP contribution in [-0.4, -0.2) is 37.6 Å². The maximum Gasteiger partial charge on any atom is 0.262 e. The lowest BCUT2D eigenvalue weighted by atomic mass is 10.2. The minimum absolute atomic E-state index is 0. The molecular formula is C13H15ClF4N2O2. The van der Waals surface area contributed by atoms with Crippen LogP contribution in [0.5, 0.6) is 5.75 Å². The topological polar surface area (TPSA) is 50.4 Å². The molecule has 1 aliphatic rings. The Hall–Kier alpha value is -1.54. The Morgan fingerprint density at radius 1 is 1.41 bits per heavy atom. The van der Waals surface area contributed by atoms with Gasteiger partial charge in [-0.3, -0.25) is 10.1 Å². The zero-order chi connectivity index (χ0) is 15.5. The fraction of sp³-hybridized carbons (Fsp3) is 0.462. The molecule has 0 bridgehead atoms. The number of benzene rings is 1. The number of alkyl halides is 2. The molecular weight excluding hydrogens is 328 g/mol. The molecule has 0 saturated carbocycles. The van der Waals surface area contributed by atoms with Gasteiger partial charge < -0.3 is 10.1 Å². The van der Waals surface area contributed by atoms with Crippen LogP contribution in [-0.2, 0) is 4.79 Å². The Bertz CT molecular complexity index is 531. The zero-order valence-electron chi connectivity index (χ0n) is 11.4. The number of hydrogen-bond acceptors (Lipinski definition) is 3. The molecule has 0 aromatic heterocycles. The zero-order valence-corrected chi connectivity index (χ0v) is 12.2. The highest BCUT2D eigenvalue weighted by atomic mass is 35.5. The van der Waals surface area contributed by atoms with Crippen molar-refractivity contribution in [3.63, 3.8) is 0 Å². The number of hydrogen-bond donors (Lipinski definition) is 2. The van der Waals surface area contributed by atoms with Crippen molar-refractivity contribution in [3.05, 3.63) is 29.8 Å². The summed E-state index contributed by atoms with van der Waals surface area (Å²) in [6.07, 6.45) is -0.549. The molecule has 1 unspecified atom stereocenters. The summed E-state index contributed by atoms with van der Waals surface area (Å²) in [7, 11) is 0. The average Bonchev–Trinajstić information content (AvgIpc) is 2.77. The van der Waals surface area contributed by atoms with Gasteiger partial charge >= 0.3 is 0 Å². The Labute approximate surface area is 130 Å². The highest BCUT2D eigenvalue weighted by molar-refractivity contribution is 5.85. The summed E-state index contributed by atoms with van der Waals surface area (Å²) < 4.78 is 56.7. The minimum atomic E-state index is -2.88. The smallest absolute Gasteiger partial charge is 0.262 e. The molecule has 0 radical (unpaired) electrons. The van der Waals surface area contributed by atoms with Gasteiger partial charge in [0.1, 0.15) is 12.4 Å². The molecule has 2 N–H and O–H groups in total. The van der Waals surface area contributed by atoms with Crippen LogP contribution in [0, 0.1) is 11.6 Å². The third kappa shape index (κ3) is 5.03. The van der Waals surface area contributed by atoms with Crippen molar-refractivity contribution in [2.45, 2.75) is 18.4 Å². The largest absolute Gasteiger partial charge is 0.489 e. The van der Waals surface area contributed by atoms with Crippen LogP contribution in [0.25, 0.3) is 0 Å². The highest BCUT2D eigenvalue weighted by Gasteiger charge is 2.42. The lowest BCUT2D eigenvalue weighted by molar-refractivity contribution is -0.123. The number of nitrogens with one attached hydrogen (secondary N) is 2. The predicted molar refractivity (Wildman–Crippen MR) is 73.5 cm³/mol. The Morgan fingerprint density at radius 3 is 2.73 bits per heavy atom. The van der Waals surface area contributed by atoms with E-state index < -0.39 is 42.5 Å². The minimum Gasteiger partial charge on any atom is -0.489 e. The molecule has 0 aliphatic carbocycles. The number of carbonyl (C=O) groups excluding carboxylic acids is 1. The van der Waals surface area contributed by atoms with Gasteiger partial charge in [0.15, 0.2) is 11.6 Å². The van der Waals surface area contributed by atoms with E-state index in [2.05, 4.69) is 10.6 Å². The van der Waals surface area contributed by atoms with Crippen LogP contribution in [0.15, 0.2) is 18.2 Å². The normalized spacial score (nSPS) is 19.4. The molecule has 9 heteroatoms. The molecule has 124 valence electrons. The number of ether oxygens (including phenoxy) is 1. The molecule has 22 heavy (non-hydrogen) atoms. The van der Waals surface area contributed by atoms with Crippen molar-refractivity contribution in [2.24, 2.45) is 0 Å². The standard InChI is InChI=1S/C13H14F4N2O2.ClH/c14-8-1-2-11(9(15)5-8)21-4-3-18-12(20)10-6-13(16,17)7-19-10;/h1-2,5,10,19H,3-4,6-7H2,(H,18,20);1H. The van der Waals surface area contributed by atoms with E-state index in [0.29, 0.717) is 6.07 Å². The summed E-state index contributed by atoms with van der Waals surface area (Å²) in [5.41, 5.74) is 0. The summed E-state index contributed by atoms with van der Waals surface area (Å²) in [5, 5.41) is 4.82. The second kappa shape index (κ2) is 7.64. The molecule has 1 atom stereocenters. The van der Waals surface area contributed by atoms with E-state index >= 15 is 0 Å². The summed E-state index contributed by atoms with van der Waals surface area (Å²) in [6, 6.07) is 1.91. The van der Waals surface area contributed by atoms with E-state index in [-0.39, 0.29) is 31.3 Å². The number of halogens is 5. The number of rotatable bonds is 5. The lowest BCUT2D eigenvalue weighted by Gasteiger charge is -2.12. The fourth-order valence-electron chi connectivity index (χ4n) is 1.95. The van der Waals surface area contributed by atoms with Gasteiger partial charge in [0.05, 0.1) is 19.1 Å². The molecule has 1 amide bonds. The van der Waals surface area contributed by atoms with Crippen LogP contribution in [0.4, 0.5) is 17.6 Å². The first-order valence-corrected chi connectivity index (χ1v) is 6.34. The average molecular weight is 343 g/mol. The first-order valence-electron chi connectivity index (χ1n) is 6.34. The SMILES string of the molecule is Cl.O=C(NCCOc1ccc(F)cc1F)C1CC(F)(F)CN1. The van der Waals surface area contributed by atoms with Crippen molar-refractivity contribution in [2.75, 3.05) is 19.7 Å². The monoisotopic (exact) mass is 342 g/mol. The van der Waals surface area contributed by atoms with E-state index in [4.69, 9.17) is 4.74 Å². The van der Waals surface area contributed by atoms with Crippen molar-refractivity contribution in [1.29, 1.82) is 0 Å². The summed E-state index contributed by atoms with van der Waals surface area (Å²) in [6.45, 7) is -0.556. The van der Waals surface area contributed by atoms with Gasteiger partial charge in [0.25, 0.3) is 5.92 Å². The first kappa shape index (κ1) is 18.5. The highest BCUT2D eigenvalue weighted by Crippen LogP contribution is 2.25. The van der Waals surface area contributed by atoms with Crippen LogP contribution >= 0.6 is 12.4 Å². The van der Waals surface area contributed by atoms with Gasteiger partial charge in [-0.05, 0) is 12.1 Å². The van der Waals surface area contributed by atoms with Gasteiger partial charge in [-0.15, -0.1) is 12.4 Å². The molecule has 0 spiro atoms. The van der Waals surface area contributed by atoms with E-state index in [1.165, 1.54) is 0 Å². The lowest BCUT2D eigenvalue weighted by Crippen LogP contribution is -2.41. The van der Waals surface area contributed by atoms with E-state index in [1.807, 2.05) is 0 Å². The van der Waals surface area contributed by atoms with E-state index in [9.17, 15) is 22.4 Å². The first-order chi connectivity index (χ1) is 9.87. The fourth-order valence-corrected chi connectivity index (χ4v) is 1.95. The van der Waals surface area contributed by atoms with Crippen molar-refractivity contribution < 1.29 is 27.1 Å². The van der Waals surface area contributed by atoms with Crippen LogP contribution < -0.4 is 15.4 Å². The summed E-state index contributed by atoms with van der Waals surface area (Å²) >= 11 is 0. The molecule has 1 fully saturated rings. The summed E-state index contributed by atoms with van der Waals surface area (Å²) in [5.74, 6) is -5.15. The van der Waals surface area contributed by atoms with Gasteiger partial charge in [0.2, 0.25) is 5.91 Å². The molecule has 2 rings (SSSR count). The molecule has 1 heterocycles. The second-order valence-electron chi connectivity index (χ2n) is 4.71. The third-order valence-corrected chi connectivity index (χ3v) is 2.98. The van der Waals surface area contributed by atoms with E-state index in [0.717, 1.165) is 12.1 Å². The number of carbonyl (C=O) groups is 1. The third-order valence-electron chi connectivity index (χ3n) is 2.98. The van der Waals surface area contributed by atoms with Gasteiger partial charge in [-0.1, -0.05) is 0 Å². The van der Waals surface area contributed by atoms with Crippen molar-refractivity contribution >= 4 is 18.3 Å². The molecule has 1 aliphatic heterocycles. The molecule has 1 aromatic carbocycles. The van der Waals surface area contributed by atoms with Gasteiger partial charge in [-0.2, -0.15) is 0 Å². The van der Waals surface area contributed by atoms with Crippen LogP contribution in [0.3, 0.4) is 0 Å².